The third-order valence-electron chi connectivity index (χ3n) is 5.03. The fourth-order valence-corrected chi connectivity index (χ4v) is 3.67. The quantitative estimate of drug-likeness (QED) is 0.714. The molecule has 0 aliphatic carbocycles. The van der Waals surface area contributed by atoms with Crippen molar-refractivity contribution in [3.05, 3.63) is 54.2 Å². The lowest BCUT2D eigenvalue weighted by Crippen LogP contribution is -2.39. The van der Waals surface area contributed by atoms with Gasteiger partial charge >= 0.3 is 0 Å². The van der Waals surface area contributed by atoms with Crippen LogP contribution in [0.25, 0.3) is 11.2 Å². The van der Waals surface area contributed by atoms with Gasteiger partial charge in [-0.25, -0.2) is 9.97 Å². The standard InChI is InChI=1S/C20H26N6/c21-10-14-26-19-18(7-4-11-22-19)24-20(26)23-17-8-12-25(13-9-17)15-16-5-2-1-3-6-16/h1-7,11,17H,8-10,12-15,21H2,(H,23,24). The van der Waals surface area contributed by atoms with E-state index >= 15 is 0 Å². The SMILES string of the molecule is NCCn1c(NC2CCN(Cc3ccccc3)CC2)nc2cccnc21. The Morgan fingerprint density at radius 3 is 2.65 bits per heavy atom. The molecule has 0 saturated carbocycles. The first kappa shape index (κ1) is 17.0. The van der Waals surface area contributed by atoms with Crippen molar-refractivity contribution in [3.8, 4) is 0 Å². The summed E-state index contributed by atoms with van der Waals surface area (Å²) in [4.78, 5) is 11.7. The van der Waals surface area contributed by atoms with Gasteiger partial charge in [-0.2, -0.15) is 0 Å². The molecule has 0 spiro atoms. The number of nitrogens with one attached hydrogen (secondary N) is 1. The van der Waals surface area contributed by atoms with Crippen LogP contribution in [0.3, 0.4) is 0 Å². The zero-order valence-electron chi connectivity index (χ0n) is 15.0. The molecule has 1 fully saturated rings. The van der Waals surface area contributed by atoms with E-state index in [-0.39, 0.29) is 0 Å². The number of pyridine rings is 1. The third-order valence-corrected chi connectivity index (χ3v) is 5.03. The highest BCUT2D eigenvalue weighted by atomic mass is 15.3. The summed E-state index contributed by atoms with van der Waals surface area (Å²) in [6.45, 7) is 4.53. The largest absolute Gasteiger partial charge is 0.353 e. The second kappa shape index (κ2) is 7.85. The van der Waals surface area contributed by atoms with Gasteiger partial charge in [0, 0.05) is 45.0 Å². The maximum atomic E-state index is 5.79. The summed E-state index contributed by atoms with van der Waals surface area (Å²) >= 11 is 0. The average molecular weight is 350 g/mol. The van der Waals surface area contributed by atoms with Crippen molar-refractivity contribution < 1.29 is 0 Å². The number of imidazole rings is 1. The molecule has 26 heavy (non-hydrogen) atoms. The van der Waals surface area contributed by atoms with Gasteiger partial charge in [-0.3, -0.25) is 9.47 Å². The lowest BCUT2D eigenvalue weighted by molar-refractivity contribution is 0.211. The van der Waals surface area contributed by atoms with Crippen LogP contribution in [0.2, 0.25) is 0 Å². The van der Waals surface area contributed by atoms with Gasteiger partial charge in [0.25, 0.3) is 0 Å². The summed E-state index contributed by atoms with van der Waals surface area (Å²) in [7, 11) is 0. The minimum atomic E-state index is 0.440. The predicted molar refractivity (Wildman–Crippen MR) is 105 cm³/mol. The Kier molecular flexibility index (Phi) is 5.13. The highest BCUT2D eigenvalue weighted by molar-refractivity contribution is 5.74. The number of likely N-dealkylation sites (tertiary alicyclic amines) is 1. The Hall–Kier alpha value is -2.44. The maximum absolute atomic E-state index is 5.79. The number of hydrogen-bond donors (Lipinski definition) is 2. The molecule has 3 heterocycles. The van der Waals surface area contributed by atoms with Gasteiger partial charge in [-0.15, -0.1) is 0 Å². The van der Waals surface area contributed by atoms with Crippen LogP contribution < -0.4 is 11.1 Å². The maximum Gasteiger partial charge on any atom is 0.205 e. The van der Waals surface area contributed by atoms with E-state index in [9.17, 15) is 0 Å². The van der Waals surface area contributed by atoms with Crippen LogP contribution in [0.4, 0.5) is 5.95 Å². The van der Waals surface area contributed by atoms with Gasteiger partial charge in [-0.1, -0.05) is 30.3 Å². The Balaban J connectivity index is 1.40. The highest BCUT2D eigenvalue weighted by Gasteiger charge is 2.21. The zero-order chi connectivity index (χ0) is 17.8. The fraction of sp³-hybridized carbons (Fsp3) is 0.400. The molecule has 1 aliphatic rings. The molecule has 1 aromatic carbocycles. The first-order valence-corrected chi connectivity index (χ1v) is 9.37. The molecule has 3 aromatic rings. The molecular formula is C20H26N6. The number of nitrogens with two attached hydrogens (primary N) is 1. The molecule has 4 rings (SSSR count). The molecule has 3 N–H and O–H groups in total. The average Bonchev–Trinajstić information content (AvgIpc) is 3.02. The number of piperidine rings is 1. The third kappa shape index (κ3) is 3.71. The van der Waals surface area contributed by atoms with Gasteiger partial charge in [0.15, 0.2) is 5.65 Å². The van der Waals surface area contributed by atoms with E-state index in [1.807, 2.05) is 18.3 Å². The number of hydrogen-bond acceptors (Lipinski definition) is 5. The van der Waals surface area contributed by atoms with E-state index in [4.69, 9.17) is 10.7 Å². The Morgan fingerprint density at radius 1 is 1.08 bits per heavy atom. The summed E-state index contributed by atoms with van der Waals surface area (Å²) in [6, 6.07) is 15.1. The van der Waals surface area contributed by atoms with Crippen LogP contribution in [-0.4, -0.2) is 45.1 Å². The van der Waals surface area contributed by atoms with Crippen LogP contribution in [0.5, 0.6) is 0 Å². The highest BCUT2D eigenvalue weighted by Crippen LogP contribution is 2.21. The number of rotatable bonds is 6. The Labute approximate surface area is 154 Å². The van der Waals surface area contributed by atoms with Gasteiger partial charge in [-0.05, 0) is 30.5 Å². The van der Waals surface area contributed by atoms with Crippen molar-refractivity contribution in [1.29, 1.82) is 0 Å². The van der Waals surface area contributed by atoms with Crippen LogP contribution in [0.15, 0.2) is 48.7 Å². The van der Waals surface area contributed by atoms with E-state index in [1.165, 1.54) is 5.56 Å². The minimum absolute atomic E-state index is 0.440. The van der Waals surface area contributed by atoms with Crippen molar-refractivity contribution in [2.24, 2.45) is 5.73 Å². The number of nitrogens with zero attached hydrogens (tertiary/aromatic N) is 4. The van der Waals surface area contributed by atoms with Gasteiger partial charge < -0.3 is 11.1 Å². The number of benzene rings is 1. The van der Waals surface area contributed by atoms with Crippen LogP contribution in [-0.2, 0) is 13.1 Å². The molecule has 1 saturated heterocycles. The molecule has 0 bridgehead atoms. The summed E-state index contributed by atoms with van der Waals surface area (Å²) in [6.07, 6.45) is 4.04. The normalized spacial score (nSPS) is 16.2. The van der Waals surface area contributed by atoms with Gasteiger partial charge in [0.05, 0.1) is 0 Å². The molecule has 136 valence electrons. The molecule has 0 atom stereocenters. The fourth-order valence-electron chi connectivity index (χ4n) is 3.67. The van der Waals surface area contributed by atoms with E-state index in [2.05, 4.69) is 50.1 Å². The molecule has 1 aliphatic heterocycles. The predicted octanol–water partition coefficient (Wildman–Crippen LogP) is 2.47. The van der Waals surface area contributed by atoms with Crippen molar-refractivity contribution in [1.82, 2.24) is 19.4 Å². The minimum Gasteiger partial charge on any atom is -0.353 e. The van der Waals surface area contributed by atoms with Crippen molar-refractivity contribution >= 4 is 17.1 Å². The molecule has 0 unspecified atom stereocenters. The Bertz CT molecular complexity index is 836. The first-order valence-electron chi connectivity index (χ1n) is 9.37. The van der Waals surface area contributed by atoms with Crippen LogP contribution in [0.1, 0.15) is 18.4 Å². The number of fused-ring (bicyclic) bond motifs is 1. The van der Waals surface area contributed by atoms with Crippen LogP contribution in [0, 0.1) is 0 Å². The van der Waals surface area contributed by atoms with Gasteiger partial charge in [0.1, 0.15) is 5.52 Å². The molecule has 6 nitrogen and oxygen atoms in total. The summed E-state index contributed by atoms with van der Waals surface area (Å²) in [5.41, 5.74) is 9.00. The summed E-state index contributed by atoms with van der Waals surface area (Å²) in [5.74, 6) is 0.894. The Morgan fingerprint density at radius 2 is 1.88 bits per heavy atom. The van der Waals surface area contributed by atoms with E-state index in [1.54, 1.807) is 0 Å². The summed E-state index contributed by atoms with van der Waals surface area (Å²) in [5, 5.41) is 3.64. The van der Waals surface area contributed by atoms with Crippen molar-refractivity contribution in [2.45, 2.75) is 32.0 Å². The second-order valence-electron chi connectivity index (χ2n) is 6.90. The van der Waals surface area contributed by atoms with Crippen LogP contribution >= 0.6 is 0 Å². The first-order chi connectivity index (χ1) is 12.8. The van der Waals surface area contributed by atoms with Crippen molar-refractivity contribution in [2.75, 3.05) is 25.0 Å². The molecule has 0 radical (unpaired) electrons. The van der Waals surface area contributed by atoms with Gasteiger partial charge in [0.2, 0.25) is 5.95 Å². The molecule has 2 aromatic heterocycles. The molecule has 0 amide bonds. The number of anilines is 1. The second-order valence-corrected chi connectivity index (χ2v) is 6.90. The lowest BCUT2D eigenvalue weighted by atomic mass is 10.0. The zero-order valence-corrected chi connectivity index (χ0v) is 15.0. The lowest BCUT2D eigenvalue weighted by Gasteiger charge is -2.32. The molecular weight excluding hydrogens is 324 g/mol. The number of aromatic nitrogens is 3. The smallest absolute Gasteiger partial charge is 0.205 e. The summed E-state index contributed by atoms with van der Waals surface area (Å²) < 4.78 is 2.10. The molecule has 6 heteroatoms. The monoisotopic (exact) mass is 350 g/mol. The van der Waals surface area contributed by atoms with E-state index in [0.717, 1.165) is 56.1 Å². The van der Waals surface area contributed by atoms with Crippen molar-refractivity contribution in [3.63, 3.8) is 0 Å². The van der Waals surface area contributed by atoms with E-state index < -0.39 is 0 Å². The topological polar surface area (TPSA) is 72.0 Å². The van der Waals surface area contributed by atoms with E-state index in [0.29, 0.717) is 12.6 Å².